The fourth-order valence-corrected chi connectivity index (χ4v) is 2.29. The highest BCUT2D eigenvalue weighted by atomic mass is 16.5. The molecular weight excluding hydrogens is 294 g/mol. The number of hydrogen-bond donors (Lipinski definition) is 2. The van der Waals surface area contributed by atoms with Gasteiger partial charge in [-0.05, 0) is 30.3 Å². The lowest BCUT2D eigenvalue weighted by Gasteiger charge is -2.12. The standard InChI is InChI=1S/C17H17N3O3/c1-11(21)19-12-7-8-15(22-2)14(9-12)18-10-17-20-13-5-3-4-6-16(13)23-17/h3-9,18H,10H2,1-2H3,(H,19,21). The van der Waals surface area contributed by atoms with Crippen molar-refractivity contribution in [2.24, 2.45) is 0 Å². The Hall–Kier alpha value is -3.02. The van der Waals surface area contributed by atoms with Gasteiger partial charge in [-0.3, -0.25) is 4.79 Å². The van der Waals surface area contributed by atoms with Crippen LogP contribution < -0.4 is 15.4 Å². The van der Waals surface area contributed by atoms with E-state index in [1.54, 1.807) is 19.2 Å². The monoisotopic (exact) mass is 311 g/mol. The summed E-state index contributed by atoms with van der Waals surface area (Å²) in [6.45, 7) is 1.88. The maximum absolute atomic E-state index is 11.2. The molecule has 23 heavy (non-hydrogen) atoms. The lowest BCUT2D eigenvalue weighted by Crippen LogP contribution is -2.07. The van der Waals surface area contributed by atoms with Crippen LogP contribution in [0.4, 0.5) is 11.4 Å². The molecule has 6 heteroatoms. The molecule has 3 aromatic rings. The van der Waals surface area contributed by atoms with Gasteiger partial charge in [-0.2, -0.15) is 0 Å². The zero-order chi connectivity index (χ0) is 16.2. The van der Waals surface area contributed by atoms with Crippen LogP contribution in [0, 0.1) is 0 Å². The molecule has 0 fully saturated rings. The number of oxazole rings is 1. The molecule has 0 saturated carbocycles. The van der Waals surface area contributed by atoms with Gasteiger partial charge in [0.15, 0.2) is 5.58 Å². The highest BCUT2D eigenvalue weighted by molar-refractivity contribution is 5.89. The number of amides is 1. The summed E-state index contributed by atoms with van der Waals surface area (Å²) in [6, 6.07) is 13.0. The second-order valence-electron chi connectivity index (χ2n) is 5.03. The van der Waals surface area contributed by atoms with Crippen molar-refractivity contribution in [2.75, 3.05) is 17.7 Å². The average molecular weight is 311 g/mol. The molecule has 3 rings (SSSR count). The van der Waals surface area contributed by atoms with Crippen molar-refractivity contribution in [1.82, 2.24) is 4.98 Å². The first kappa shape index (κ1) is 14.9. The first-order chi connectivity index (χ1) is 11.2. The Labute approximate surface area is 133 Å². The van der Waals surface area contributed by atoms with E-state index in [0.717, 1.165) is 16.8 Å². The number of methoxy groups -OCH3 is 1. The molecule has 0 aliphatic heterocycles. The fourth-order valence-electron chi connectivity index (χ4n) is 2.29. The van der Waals surface area contributed by atoms with Gasteiger partial charge in [-0.25, -0.2) is 4.98 Å². The Morgan fingerprint density at radius 2 is 2.09 bits per heavy atom. The maximum atomic E-state index is 11.2. The molecule has 1 heterocycles. The van der Waals surface area contributed by atoms with Crippen molar-refractivity contribution < 1.29 is 13.9 Å². The van der Waals surface area contributed by atoms with Crippen LogP contribution in [0.5, 0.6) is 5.75 Å². The van der Waals surface area contributed by atoms with Crippen molar-refractivity contribution in [1.29, 1.82) is 0 Å². The van der Waals surface area contributed by atoms with Crippen LogP contribution in [-0.2, 0) is 11.3 Å². The zero-order valence-electron chi connectivity index (χ0n) is 12.9. The molecule has 118 valence electrons. The van der Waals surface area contributed by atoms with E-state index in [4.69, 9.17) is 9.15 Å². The third-order valence-electron chi connectivity index (χ3n) is 3.29. The van der Waals surface area contributed by atoms with Crippen molar-refractivity contribution in [2.45, 2.75) is 13.5 Å². The van der Waals surface area contributed by atoms with Gasteiger partial charge in [0.2, 0.25) is 11.8 Å². The number of aromatic nitrogens is 1. The molecule has 6 nitrogen and oxygen atoms in total. The second kappa shape index (κ2) is 6.39. The molecule has 1 amide bonds. The normalized spacial score (nSPS) is 10.5. The van der Waals surface area contributed by atoms with E-state index in [0.29, 0.717) is 23.9 Å². The zero-order valence-corrected chi connectivity index (χ0v) is 12.9. The number of rotatable bonds is 5. The molecular formula is C17H17N3O3. The highest BCUT2D eigenvalue weighted by Crippen LogP contribution is 2.28. The van der Waals surface area contributed by atoms with Crippen LogP contribution in [0.3, 0.4) is 0 Å². The SMILES string of the molecule is COc1ccc(NC(C)=O)cc1NCc1nc2ccccc2o1. The van der Waals surface area contributed by atoms with Gasteiger partial charge in [-0.15, -0.1) is 0 Å². The molecule has 0 aliphatic carbocycles. The summed E-state index contributed by atoms with van der Waals surface area (Å²) >= 11 is 0. The Morgan fingerprint density at radius 3 is 2.83 bits per heavy atom. The number of nitrogens with zero attached hydrogens (tertiary/aromatic N) is 1. The van der Waals surface area contributed by atoms with Crippen molar-refractivity contribution in [3.8, 4) is 5.75 Å². The van der Waals surface area contributed by atoms with Gasteiger partial charge in [0, 0.05) is 12.6 Å². The van der Waals surface area contributed by atoms with Crippen LogP contribution in [0.2, 0.25) is 0 Å². The van der Waals surface area contributed by atoms with E-state index in [2.05, 4.69) is 15.6 Å². The number of benzene rings is 2. The first-order valence-electron chi connectivity index (χ1n) is 7.19. The number of ether oxygens (including phenoxy) is 1. The summed E-state index contributed by atoms with van der Waals surface area (Å²) in [6.07, 6.45) is 0. The second-order valence-corrected chi connectivity index (χ2v) is 5.03. The molecule has 0 atom stereocenters. The quantitative estimate of drug-likeness (QED) is 0.755. The summed E-state index contributed by atoms with van der Waals surface area (Å²) in [7, 11) is 1.60. The number of carbonyl (C=O) groups is 1. The molecule has 0 saturated heterocycles. The van der Waals surface area contributed by atoms with E-state index >= 15 is 0 Å². The summed E-state index contributed by atoms with van der Waals surface area (Å²) in [5.41, 5.74) is 3.02. The van der Waals surface area contributed by atoms with Crippen LogP contribution >= 0.6 is 0 Å². The molecule has 0 bridgehead atoms. The van der Waals surface area contributed by atoms with Crippen molar-refractivity contribution in [3.05, 3.63) is 48.4 Å². The predicted molar refractivity (Wildman–Crippen MR) is 88.6 cm³/mol. The van der Waals surface area contributed by atoms with E-state index in [-0.39, 0.29) is 5.91 Å². The minimum atomic E-state index is -0.125. The maximum Gasteiger partial charge on any atom is 0.221 e. The van der Waals surface area contributed by atoms with Crippen molar-refractivity contribution >= 4 is 28.4 Å². The summed E-state index contributed by atoms with van der Waals surface area (Å²) in [4.78, 5) is 15.6. The molecule has 0 aliphatic rings. The van der Waals surface area contributed by atoms with Crippen molar-refractivity contribution in [3.63, 3.8) is 0 Å². The van der Waals surface area contributed by atoms with E-state index in [1.807, 2.05) is 30.3 Å². The van der Waals surface area contributed by atoms with E-state index in [1.165, 1.54) is 6.92 Å². The lowest BCUT2D eigenvalue weighted by molar-refractivity contribution is -0.114. The third-order valence-corrected chi connectivity index (χ3v) is 3.29. The number of fused-ring (bicyclic) bond motifs is 1. The Morgan fingerprint density at radius 1 is 1.26 bits per heavy atom. The van der Waals surface area contributed by atoms with Crippen LogP contribution in [0.1, 0.15) is 12.8 Å². The van der Waals surface area contributed by atoms with Gasteiger partial charge in [0.1, 0.15) is 11.3 Å². The summed E-state index contributed by atoms with van der Waals surface area (Å²) in [5.74, 6) is 1.13. The van der Waals surface area contributed by atoms with Crippen LogP contribution in [0.25, 0.3) is 11.1 Å². The third kappa shape index (κ3) is 3.42. The summed E-state index contributed by atoms with van der Waals surface area (Å²) < 4.78 is 11.0. The van der Waals surface area contributed by atoms with Gasteiger partial charge in [0.25, 0.3) is 0 Å². The molecule has 1 aromatic heterocycles. The number of para-hydroxylation sites is 2. The minimum absolute atomic E-state index is 0.125. The molecule has 2 aromatic carbocycles. The Bertz CT molecular complexity index is 809. The van der Waals surface area contributed by atoms with Crippen LogP contribution in [0.15, 0.2) is 46.9 Å². The largest absolute Gasteiger partial charge is 0.495 e. The minimum Gasteiger partial charge on any atom is -0.495 e. The topological polar surface area (TPSA) is 76.4 Å². The Balaban J connectivity index is 1.79. The Kier molecular flexibility index (Phi) is 4.14. The highest BCUT2D eigenvalue weighted by Gasteiger charge is 2.08. The number of hydrogen-bond acceptors (Lipinski definition) is 5. The summed E-state index contributed by atoms with van der Waals surface area (Å²) in [5, 5.41) is 5.97. The van der Waals surface area contributed by atoms with E-state index in [9.17, 15) is 4.79 Å². The van der Waals surface area contributed by atoms with E-state index < -0.39 is 0 Å². The van der Waals surface area contributed by atoms with Gasteiger partial charge < -0.3 is 19.8 Å². The number of anilines is 2. The number of carbonyl (C=O) groups excluding carboxylic acids is 1. The average Bonchev–Trinajstić information content (AvgIpc) is 2.95. The lowest BCUT2D eigenvalue weighted by atomic mass is 10.2. The predicted octanol–water partition coefficient (Wildman–Crippen LogP) is 3.41. The van der Waals surface area contributed by atoms with Gasteiger partial charge >= 0.3 is 0 Å². The fraction of sp³-hybridized carbons (Fsp3) is 0.176. The molecule has 0 unspecified atom stereocenters. The molecule has 0 radical (unpaired) electrons. The smallest absolute Gasteiger partial charge is 0.221 e. The molecule has 2 N–H and O–H groups in total. The van der Waals surface area contributed by atoms with Crippen LogP contribution in [-0.4, -0.2) is 18.0 Å². The first-order valence-corrected chi connectivity index (χ1v) is 7.19. The molecule has 0 spiro atoms. The van der Waals surface area contributed by atoms with Gasteiger partial charge in [-0.1, -0.05) is 12.1 Å². The number of nitrogens with one attached hydrogen (secondary N) is 2. The van der Waals surface area contributed by atoms with Gasteiger partial charge in [0.05, 0.1) is 19.3 Å².